The van der Waals surface area contributed by atoms with E-state index in [9.17, 15) is 15.2 Å². The minimum Gasteiger partial charge on any atom is -0.365 e. The number of non-ortho nitro benzene ring substituents is 1. The van der Waals surface area contributed by atoms with Crippen LogP contribution >= 0.6 is 0 Å². The predicted molar refractivity (Wildman–Crippen MR) is 92.0 cm³/mol. The average molecular weight is 334 g/mol. The molecule has 1 N–H and O–H groups in total. The SMILES string of the molecule is Cc1cnc2n1-c1ccc([N+](=O)[O-])cc1C(c1ccccc1)=NC2O. The molecule has 124 valence electrons. The lowest BCUT2D eigenvalue weighted by Crippen LogP contribution is -2.08. The molecule has 1 aliphatic rings. The molecule has 25 heavy (non-hydrogen) atoms. The van der Waals surface area contributed by atoms with Crippen LogP contribution < -0.4 is 0 Å². The number of aliphatic hydroxyl groups excluding tert-OH is 1. The molecule has 0 aliphatic carbocycles. The molecule has 1 aliphatic heterocycles. The molecular weight excluding hydrogens is 320 g/mol. The van der Waals surface area contributed by atoms with Crippen molar-refractivity contribution in [2.75, 3.05) is 0 Å². The normalized spacial score (nSPS) is 15.8. The van der Waals surface area contributed by atoms with Gasteiger partial charge in [-0.15, -0.1) is 0 Å². The minimum atomic E-state index is -1.16. The van der Waals surface area contributed by atoms with E-state index in [-0.39, 0.29) is 5.69 Å². The Bertz CT molecular complexity index is 1010. The molecule has 1 unspecified atom stereocenters. The van der Waals surface area contributed by atoms with Crippen molar-refractivity contribution in [2.24, 2.45) is 4.99 Å². The van der Waals surface area contributed by atoms with E-state index in [1.54, 1.807) is 16.8 Å². The third-order valence-electron chi connectivity index (χ3n) is 4.18. The van der Waals surface area contributed by atoms with E-state index in [1.165, 1.54) is 12.1 Å². The van der Waals surface area contributed by atoms with Crippen LogP contribution in [0.3, 0.4) is 0 Å². The first-order valence-corrected chi connectivity index (χ1v) is 7.71. The van der Waals surface area contributed by atoms with Crippen LogP contribution in [0.25, 0.3) is 5.69 Å². The van der Waals surface area contributed by atoms with Gasteiger partial charge in [-0.25, -0.2) is 9.98 Å². The number of hydrogen-bond acceptors (Lipinski definition) is 5. The molecule has 2 heterocycles. The maximum Gasteiger partial charge on any atom is 0.270 e. The molecule has 0 radical (unpaired) electrons. The first kappa shape index (κ1) is 15.2. The highest BCUT2D eigenvalue weighted by Crippen LogP contribution is 2.32. The Morgan fingerprint density at radius 1 is 1.20 bits per heavy atom. The van der Waals surface area contributed by atoms with Crippen molar-refractivity contribution in [1.82, 2.24) is 9.55 Å². The zero-order valence-corrected chi connectivity index (χ0v) is 13.3. The summed E-state index contributed by atoms with van der Waals surface area (Å²) in [5, 5.41) is 21.8. The lowest BCUT2D eigenvalue weighted by atomic mass is 10.00. The maximum atomic E-state index is 11.2. The van der Waals surface area contributed by atoms with Gasteiger partial charge in [0.2, 0.25) is 6.23 Å². The lowest BCUT2D eigenvalue weighted by Gasteiger charge is -2.13. The van der Waals surface area contributed by atoms with Crippen LogP contribution in [0.1, 0.15) is 28.9 Å². The zero-order chi connectivity index (χ0) is 17.6. The molecular formula is C18H14N4O3. The minimum absolute atomic E-state index is 0.0295. The summed E-state index contributed by atoms with van der Waals surface area (Å²) in [5.41, 5.74) is 3.34. The van der Waals surface area contributed by atoms with Crippen molar-refractivity contribution in [3.63, 3.8) is 0 Å². The van der Waals surface area contributed by atoms with Crippen molar-refractivity contribution < 1.29 is 10.0 Å². The highest BCUT2D eigenvalue weighted by atomic mass is 16.6. The number of rotatable bonds is 2. The Balaban J connectivity index is 2.06. The summed E-state index contributed by atoms with van der Waals surface area (Å²) in [6.45, 7) is 1.86. The smallest absolute Gasteiger partial charge is 0.270 e. The first-order chi connectivity index (χ1) is 12.1. The molecule has 0 bridgehead atoms. The number of nitrogens with zero attached hydrogens (tertiary/aromatic N) is 4. The second kappa shape index (κ2) is 5.64. The van der Waals surface area contributed by atoms with Gasteiger partial charge in [0.05, 0.1) is 16.3 Å². The van der Waals surface area contributed by atoms with Gasteiger partial charge < -0.3 is 5.11 Å². The Morgan fingerprint density at radius 3 is 2.68 bits per heavy atom. The fourth-order valence-corrected chi connectivity index (χ4v) is 3.05. The fourth-order valence-electron chi connectivity index (χ4n) is 3.05. The van der Waals surface area contributed by atoms with Gasteiger partial charge in [0.1, 0.15) is 0 Å². The van der Waals surface area contributed by atoms with Crippen LogP contribution in [0.2, 0.25) is 0 Å². The number of aliphatic hydroxyl groups is 1. The van der Waals surface area contributed by atoms with Crippen molar-refractivity contribution >= 4 is 11.4 Å². The highest BCUT2D eigenvalue weighted by Gasteiger charge is 2.27. The third kappa shape index (κ3) is 2.41. The molecule has 7 nitrogen and oxygen atoms in total. The van der Waals surface area contributed by atoms with Gasteiger partial charge >= 0.3 is 0 Å². The molecule has 4 rings (SSSR count). The summed E-state index contributed by atoms with van der Waals surface area (Å²) in [6, 6.07) is 13.9. The molecule has 7 heteroatoms. The molecule has 0 amide bonds. The fraction of sp³-hybridized carbons (Fsp3) is 0.111. The standard InChI is InChI=1S/C18H14N4O3/c1-11-10-19-17-18(23)20-16(12-5-3-2-4-6-12)14-9-13(22(24)25)7-8-15(14)21(11)17/h2-10,18,23H,1H3. The van der Waals surface area contributed by atoms with E-state index < -0.39 is 11.2 Å². The molecule has 1 atom stereocenters. The summed E-state index contributed by atoms with van der Waals surface area (Å²) in [6.07, 6.45) is 0.489. The number of imidazole rings is 1. The van der Waals surface area contributed by atoms with E-state index >= 15 is 0 Å². The quantitative estimate of drug-likeness (QED) is 0.576. The summed E-state index contributed by atoms with van der Waals surface area (Å²) >= 11 is 0. The highest BCUT2D eigenvalue weighted by molar-refractivity contribution is 6.15. The van der Waals surface area contributed by atoms with Gasteiger partial charge in [-0.1, -0.05) is 30.3 Å². The monoisotopic (exact) mass is 334 g/mol. The summed E-state index contributed by atoms with van der Waals surface area (Å²) in [5.74, 6) is 0.388. The first-order valence-electron chi connectivity index (χ1n) is 7.71. The number of aromatic nitrogens is 2. The molecule has 0 spiro atoms. The topological polar surface area (TPSA) is 93.5 Å². The molecule has 0 fully saturated rings. The van der Waals surface area contributed by atoms with Gasteiger partial charge in [0.25, 0.3) is 5.69 Å². The Hall–Kier alpha value is -3.32. The number of fused-ring (bicyclic) bond motifs is 3. The molecule has 1 aromatic heterocycles. The van der Waals surface area contributed by atoms with Crippen LogP contribution in [0.5, 0.6) is 0 Å². The number of nitro groups is 1. The summed E-state index contributed by atoms with van der Waals surface area (Å²) in [7, 11) is 0. The Labute approximate surface area is 143 Å². The number of aryl methyl sites for hydroxylation is 1. The van der Waals surface area contributed by atoms with E-state index in [0.29, 0.717) is 22.8 Å². The van der Waals surface area contributed by atoms with Crippen LogP contribution in [0.4, 0.5) is 5.69 Å². The second-order valence-electron chi connectivity index (χ2n) is 5.77. The Kier molecular flexibility index (Phi) is 3.43. The van der Waals surface area contributed by atoms with E-state index in [4.69, 9.17) is 0 Å². The van der Waals surface area contributed by atoms with E-state index in [2.05, 4.69) is 9.98 Å². The number of hydrogen-bond donors (Lipinski definition) is 1. The molecule has 0 saturated carbocycles. The van der Waals surface area contributed by atoms with Crippen molar-refractivity contribution in [2.45, 2.75) is 13.2 Å². The van der Waals surface area contributed by atoms with Crippen LogP contribution in [-0.2, 0) is 0 Å². The van der Waals surface area contributed by atoms with Gasteiger partial charge in [-0.2, -0.15) is 0 Å². The largest absolute Gasteiger partial charge is 0.365 e. The van der Waals surface area contributed by atoms with Crippen molar-refractivity contribution in [3.8, 4) is 5.69 Å². The van der Waals surface area contributed by atoms with Gasteiger partial charge in [0.15, 0.2) is 5.82 Å². The van der Waals surface area contributed by atoms with E-state index in [1.807, 2.05) is 37.3 Å². The van der Waals surface area contributed by atoms with E-state index in [0.717, 1.165) is 11.3 Å². The number of nitro benzene ring substituents is 1. The van der Waals surface area contributed by atoms with Crippen LogP contribution in [0, 0.1) is 17.0 Å². The second-order valence-corrected chi connectivity index (χ2v) is 5.77. The summed E-state index contributed by atoms with van der Waals surface area (Å²) in [4.78, 5) is 19.5. The van der Waals surface area contributed by atoms with Gasteiger partial charge in [0, 0.05) is 35.2 Å². The maximum absolute atomic E-state index is 11.2. The van der Waals surface area contributed by atoms with Crippen LogP contribution in [-0.4, -0.2) is 25.3 Å². The summed E-state index contributed by atoms with van der Waals surface area (Å²) < 4.78 is 1.78. The van der Waals surface area contributed by atoms with Crippen molar-refractivity contribution in [1.29, 1.82) is 0 Å². The zero-order valence-electron chi connectivity index (χ0n) is 13.3. The number of benzene rings is 2. The van der Waals surface area contributed by atoms with Crippen LogP contribution in [0.15, 0.2) is 59.7 Å². The lowest BCUT2D eigenvalue weighted by molar-refractivity contribution is -0.384. The molecule has 2 aromatic carbocycles. The predicted octanol–water partition coefficient (Wildman–Crippen LogP) is 2.93. The third-order valence-corrected chi connectivity index (χ3v) is 4.18. The van der Waals surface area contributed by atoms with Gasteiger partial charge in [-0.05, 0) is 13.0 Å². The molecule has 3 aromatic rings. The van der Waals surface area contributed by atoms with Gasteiger partial charge in [-0.3, -0.25) is 14.7 Å². The Morgan fingerprint density at radius 2 is 1.96 bits per heavy atom. The average Bonchev–Trinajstić information content (AvgIpc) is 2.95. The van der Waals surface area contributed by atoms with Crippen molar-refractivity contribution in [3.05, 3.63) is 87.5 Å². The number of aliphatic imine (C=N–C) groups is 1. The molecule has 0 saturated heterocycles.